The summed E-state index contributed by atoms with van der Waals surface area (Å²) in [7, 11) is 0. The molecular formula is C20H38O3. The Morgan fingerprint density at radius 1 is 0.870 bits per heavy atom. The Hall–Kier alpha value is -0.830. The number of aliphatic hydroxyl groups is 1. The molecule has 1 atom stereocenters. The molecule has 136 valence electrons. The van der Waals surface area contributed by atoms with Gasteiger partial charge in [0.25, 0.3) is 0 Å². The van der Waals surface area contributed by atoms with Gasteiger partial charge in [-0.25, -0.2) is 4.79 Å². The van der Waals surface area contributed by atoms with Gasteiger partial charge in [0, 0.05) is 6.08 Å². The van der Waals surface area contributed by atoms with Crippen molar-refractivity contribution in [1.29, 1.82) is 0 Å². The van der Waals surface area contributed by atoms with E-state index in [9.17, 15) is 9.90 Å². The minimum Gasteiger partial charge on any atom is -0.463 e. The van der Waals surface area contributed by atoms with E-state index >= 15 is 0 Å². The third kappa shape index (κ3) is 17.4. The first-order chi connectivity index (χ1) is 11.2. The van der Waals surface area contributed by atoms with E-state index in [1.165, 1.54) is 82.8 Å². The monoisotopic (exact) mass is 326 g/mol. The van der Waals surface area contributed by atoms with Crippen LogP contribution in [0.25, 0.3) is 0 Å². The molecule has 3 heteroatoms. The zero-order chi connectivity index (χ0) is 17.2. The first-order valence-corrected chi connectivity index (χ1v) is 9.73. The molecule has 0 saturated carbocycles. The van der Waals surface area contributed by atoms with Gasteiger partial charge in [-0.15, -0.1) is 0 Å². The smallest absolute Gasteiger partial charge is 0.330 e. The van der Waals surface area contributed by atoms with Crippen LogP contribution in [0.2, 0.25) is 0 Å². The van der Waals surface area contributed by atoms with Gasteiger partial charge in [-0.2, -0.15) is 0 Å². The average Bonchev–Trinajstić information content (AvgIpc) is 2.54. The Morgan fingerprint density at radius 3 is 1.83 bits per heavy atom. The van der Waals surface area contributed by atoms with E-state index in [0.29, 0.717) is 6.61 Å². The minimum atomic E-state index is -0.525. The lowest BCUT2D eigenvalue weighted by atomic mass is 10.0. The van der Waals surface area contributed by atoms with Crippen LogP contribution in [0.15, 0.2) is 12.2 Å². The molecule has 1 N–H and O–H groups in total. The Morgan fingerprint density at radius 2 is 1.35 bits per heavy atom. The van der Waals surface area contributed by atoms with Gasteiger partial charge in [-0.3, -0.25) is 0 Å². The molecule has 0 aliphatic rings. The van der Waals surface area contributed by atoms with Crippen molar-refractivity contribution >= 4 is 5.97 Å². The summed E-state index contributed by atoms with van der Waals surface area (Å²) in [5.74, 6) is -0.374. The maximum atomic E-state index is 11.1. The van der Waals surface area contributed by atoms with Crippen molar-refractivity contribution in [2.45, 2.75) is 103 Å². The zero-order valence-electron chi connectivity index (χ0n) is 15.4. The van der Waals surface area contributed by atoms with Crippen LogP contribution in [-0.4, -0.2) is 23.8 Å². The number of ether oxygens (including phenoxy) is 1. The summed E-state index contributed by atoms with van der Waals surface area (Å²) >= 11 is 0. The SMILES string of the molecule is CCCCCCCCCCCCCC[C@H](O)/C=C/C(=O)OCC. The Balaban J connectivity index is 3.27. The third-order valence-electron chi connectivity index (χ3n) is 4.09. The van der Waals surface area contributed by atoms with Crippen LogP contribution in [0.3, 0.4) is 0 Å². The van der Waals surface area contributed by atoms with Gasteiger partial charge in [0.15, 0.2) is 0 Å². The second kappa shape index (κ2) is 17.5. The highest BCUT2D eigenvalue weighted by molar-refractivity contribution is 5.81. The van der Waals surface area contributed by atoms with Crippen molar-refractivity contribution in [1.82, 2.24) is 0 Å². The molecule has 23 heavy (non-hydrogen) atoms. The first kappa shape index (κ1) is 22.2. The summed E-state index contributed by atoms with van der Waals surface area (Å²) < 4.78 is 4.77. The number of esters is 1. The molecular weight excluding hydrogens is 288 g/mol. The molecule has 0 amide bonds. The van der Waals surface area contributed by atoms with Gasteiger partial charge in [-0.1, -0.05) is 84.0 Å². The zero-order valence-corrected chi connectivity index (χ0v) is 15.4. The molecule has 0 unspecified atom stereocenters. The van der Waals surface area contributed by atoms with Crippen molar-refractivity contribution < 1.29 is 14.6 Å². The molecule has 0 heterocycles. The number of carbonyl (C=O) groups excluding carboxylic acids is 1. The molecule has 0 aliphatic heterocycles. The molecule has 0 aromatic heterocycles. The average molecular weight is 327 g/mol. The van der Waals surface area contributed by atoms with Gasteiger partial charge < -0.3 is 9.84 Å². The molecule has 0 rings (SSSR count). The second-order valence-corrected chi connectivity index (χ2v) is 6.36. The summed E-state index contributed by atoms with van der Waals surface area (Å²) in [6.45, 7) is 4.41. The molecule has 0 aromatic carbocycles. The number of aliphatic hydroxyl groups excluding tert-OH is 1. The Kier molecular flexibility index (Phi) is 16.9. The molecule has 0 aliphatic carbocycles. The summed E-state index contributed by atoms with van der Waals surface area (Å²) in [4.78, 5) is 11.1. The van der Waals surface area contributed by atoms with Crippen LogP contribution >= 0.6 is 0 Å². The highest BCUT2D eigenvalue weighted by Gasteiger charge is 2.01. The van der Waals surface area contributed by atoms with Crippen LogP contribution in [0.4, 0.5) is 0 Å². The fourth-order valence-corrected chi connectivity index (χ4v) is 2.67. The van der Waals surface area contributed by atoms with Crippen LogP contribution < -0.4 is 0 Å². The fourth-order valence-electron chi connectivity index (χ4n) is 2.67. The highest BCUT2D eigenvalue weighted by Crippen LogP contribution is 2.13. The summed E-state index contributed by atoms with van der Waals surface area (Å²) in [6, 6.07) is 0. The predicted molar refractivity (Wildman–Crippen MR) is 97.5 cm³/mol. The molecule has 0 saturated heterocycles. The Bertz CT molecular complexity index is 287. The minimum absolute atomic E-state index is 0.373. The molecule has 0 fully saturated rings. The lowest BCUT2D eigenvalue weighted by molar-refractivity contribution is -0.137. The normalized spacial score (nSPS) is 12.7. The van der Waals surface area contributed by atoms with Crippen molar-refractivity contribution in [3.8, 4) is 0 Å². The fraction of sp³-hybridized carbons (Fsp3) is 0.850. The largest absolute Gasteiger partial charge is 0.463 e. The summed E-state index contributed by atoms with van der Waals surface area (Å²) in [6.07, 6.45) is 18.9. The van der Waals surface area contributed by atoms with Crippen molar-refractivity contribution in [2.75, 3.05) is 6.61 Å². The van der Waals surface area contributed by atoms with E-state index in [0.717, 1.165) is 12.8 Å². The van der Waals surface area contributed by atoms with E-state index in [2.05, 4.69) is 6.92 Å². The van der Waals surface area contributed by atoms with Crippen molar-refractivity contribution in [2.24, 2.45) is 0 Å². The molecule has 3 nitrogen and oxygen atoms in total. The number of unbranched alkanes of at least 4 members (excludes halogenated alkanes) is 11. The summed E-state index contributed by atoms with van der Waals surface area (Å²) in [5, 5.41) is 9.73. The molecule has 0 radical (unpaired) electrons. The van der Waals surface area contributed by atoms with Gasteiger partial charge in [0.2, 0.25) is 0 Å². The maximum absolute atomic E-state index is 11.1. The first-order valence-electron chi connectivity index (χ1n) is 9.73. The topological polar surface area (TPSA) is 46.5 Å². The predicted octanol–water partition coefficient (Wildman–Crippen LogP) is 5.56. The van der Waals surface area contributed by atoms with Gasteiger partial charge in [-0.05, 0) is 19.4 Å². The van der Waals surface area contributed by atoms with Crippen LogP contribution in [-0.2, 0) is 9.53 Å². The highest BCUT2D eigenvalue weighted by atomic mass is 16.5. The number of hydrogen-bond donors (Lipinski definition) is 1. The molecule has 0 aromatic rings. The maximum Gasteiger partial charge on any atom is 0.330 e. The van der Waals surface area contributed by atoms with E-state index in [1.807, 2.05) is 0 Å². The second-order valence-electron chi connectivity index (χ2n) is 6.36. The van der Waals surface area contributed by atoms with Crippen LogP contribution in [0, 0.1) is 0 Å². The van der Waals surface area contributed by atoms with E-state index in [4.69, 9.17) is 4.74 Å². The standard InChI is InChI=1S/C20H38O3/c1-3-5-6-7-8-9-10-11-12-13-14-15-16-19(21)17-18-20(22)23-4-2/h17-19,21H,3-16H2,1-2H3/b18-17+/t19-/m0/s1. The van der Waals surface area contributed by atoms with Gasteiger partial charge >= 0.3 is 5.97 Å². The van der Waals surface area contributed by atoms with E-state index in [1.54, 1.807) is 6.92 Å². The van der Waals surface area contributed by atoms with E-state index in [-0.39, 0.29) is 5.97 Å². The molecule has 0 bridgehead atoms. The van der Waals surface area contributed by atoms with Crippen molar-refractivity contribution in [3.63, 3.8) is 0 Å². The van der Waals surface area contributed by atoms with Gasteiger partial charge in [0.1, 0.15) is 0 Å². The third-order valence-corrected chi connectivity index (χ3v) is 4.09. The van der Waals surface area contributed by atoms with Crippen molar-refractivity contribution in [3.05, 3.63) is 12.2 Å². The Labute approximate surface area is 143 Å². The summed E-state index contributed by atoms with van der Waals surface area (Å²) in [5.41, 5.74) is 0. The lowest BCUT2D eigenvalue weighted by Crippen LogP contribution is -2.05. The lowest BCUT2D eigenvalue weighted by Gasteiger charge is -2.05. The number of rotatable bonds is 16. The van der Waals surface area contributed by atoms with E-state index < -0.39 is 6.10 Å². The van der Waals surface area contributed by atoms with Gasteiger partial charge in [0.05, 0.1) is 12.7 Å². The number of carbonyl (C=O) groups is 1. The molecule has 0 spiro atoms. The van der Waals surface area contributed by atoms with Crippen LogP contribution in [0.1, 0.15) is 97.3 Å². The number of hydrogen-bond acceptors (Lipinski definition) is 3. The quantitative estimate of drug-likeness (QED) is 0.229. The van der Waals surface area contributed by atoms with Crippen LogP contribution in [0.5, 0.6) is 0 Å².